The molecule has 1 nitrogen and oxygen atoms in total. The number of rotatable bonds is 4. The van der Waals surface area contributed by atoms with Gasteiger partial charge in [0.05, 0.1) is 6.10 Å². The van der Waals surface area contributed by atoms with E-state index >= 15 is 0 Å². The Morgan fingerprint density at radius 2 is 1.92 bits per heavy atom. The number of aliphatic hydroxyl groups is 1. The van der Waals surface area contributed by atoms with Crippen LogP contribution in [0.3, 0.4) is 0 Å². The molecule has 1 rings (SSSR count). The molecule has 1 heteroatoms. The van der Waals surface area contributed by atoms with Gasteiger partial charge in [0, 0.05) is 0 Å². The maximum absolute atomic E-state index is 9.67. The fraction of sp³-hybridized carbons (Fsp3) is 1.00. The van der Waals surface area contributed by atoms with Crippen molar-refractivity contribution < 1.29 is 5.11 Å². The smallest absolute Gasteiger partial charge is 0.0568 e. The van der Waals surface area contributed by atoms with Crippen molar-refractivity contribution in [3.63, 3.8) is 0 Å². The highest BCUT2D eigenvalue weighted by atomic mass is 16.3. The highest BCUT2D eigenvalue weighted by Crippen LogP contribution is 2.28. The van der Waals surface area contributed by atoms with Gasteiger partial charge in [-0.1, -0.05) is 39.0 Å². The van der Waals surface area contributed by atoms with E-state index in [2.05, 4.69) is 6.92 Å². The normalized spacial score (nSPS) is 30.5. The minimum atomic E-state index is 0.0237. The van der Waals surface area contributed by atoms with Gasteiger partial charge in [-0.25, -0.2) is 0 Å². The van der Waals surface area contributed by atoms with Crippen molar-refractivity contribution in [2.75, 3.05) is 0 Å². The summed E-state index contributed by atoms with van der Waals surface area (Å²) in [6, 6.07) is 0. The van der Waals surface area contributed by atoms with Crippen LogP contribution in [0.1, 0.15) is 58.3 Å². The van der Waals surface area contributed by atoms with Crippen LogP contribution in [0.15, 0.2) is 0 Å². The molecule has 2 atom stereocenters. The zero-order valence-corrected chi connectivity index (χ0v) is 8.26. The van der Waals surface area contributed by atoms with Crippen molar-refractivity contribution >= 4 is 0 Å². The SMILES string of the molecule is CCCCCC1CCCCC1O. The lowest BCUT2D eigenvalue weighted by atomic mass is 9.83. The summed E-state index contributed by atoms with van der Waals surface area (Å²) < 4.78 is 0. The van der Waals surface area contributed by atoms with E-state index in [-0.39, 0.29) is 6.10 Å². The third-order valence-electron chi connectivity index (χ3n) is 3.05. The molecule has 0 aromatic rings. The van der Waals surface area contributed by atoms with Gasteiger partial charge < -0.3 is 5.11 Å². The summed E-state index contributed by atoms with van der Waals surface area (Å²) in [5, 5.41) is 9.67. The van der Waals surface area contributed by atoms with Crippen LogP contribution in [0.5, 0.6) is 0 Å². The molecule has 2 unspecified atom stereocenters. The first-order chi connectivity index (χ1) is 5.84. The number of aliphatic hydroxyl groups excluding tert-OH is 1. The van der Waals surface area contributed by atoms with Gasteiger partial charge in [-0.2, -0.15) is 0 Å². The van der Waals surface area contributed by atoms with Crippen LogP contribution in [-0.2, 0) is 0 Å². The second kappa shape index (κ2) is 5.58. The van der Waals surface area contributed by atoms with Gasteiger partial charge in [0.2, 0.25) is 0 Å². The van der Waals surface area contributed by atoms with Crippen molar-refractivity contribution in [2.24, 2.45) is 5.92 Å². The van der Waals surface area contributed by atoms with Gasteiger partial charge in [-0.15, -0.1) is 0 Å². The van der Waals surface area contributed by atoms with E-state index in [0.717, 1.165) is 6.42 Å². The molecule has 1 aliphatic rings. The van der Waals surface area contributed by atoms with Crippen LogP contribution >= 0.6 is 0 Å². The zero-order valence-electron chi connectivity index (χ0n) is 8.26. The quantitative estimate of drug-likeness (QED) is 0.643. The molecule has 1 N–H and O–H groups in total. The van der Waals surface area contributed by atoms with Crippen molar-refractivity contribution in [2.45, 2.75) is 64.4 Å². The average molecular weight is 170 g/mol. The molecule has 0 aromatic carbocycles. The first kappa shape index (κ1) is 10.0. The molecule has 0 bridgehead atoms. The van der Waals surface area contributed by atoms with E-state index < -0.39 is 0 Å². The maximum Gasteiger partial charge on any atom is 0.0568 e. The minimum absolute atomic E-state index is 0.0237. The highest BCUT2D eigenvalue weighted by molar-refractivity contribution is 4.74. The minimum Gasteiger partial charge on any atom is -0.393 e. The number of unbranched alkanes of at least 4 members (excludes halogenated alkanes) is 2. The molecule has 1 aliphatic carbocycles. The van der Waals surface area contributed by atoms with Crippen LogP contribution in [0, 0.1) is 5.92 Å². The van der Waals surface area contributed by atoms with E-state index in [1.54, 1.807) is 0 Å². The topological polar surface area (TPSA) is 20.2 Å². The van der Waals surface area contributed by atoms with Gasteiger partial charge in [0.15, 0.2) is 0 Å². The van der Waals surface area contributed by atoms with E-state index in [0.29, 0.717) is 5.92 Å². The fourth-order valence-corrected chi connectivity index (χ4v) is 2.18. The molecular formula is C11H22O. The Morgan fingerprint density at radius 3 is 2.58 bits per heavy atom. The first-order valence-corrected chi connectivity index (χ1v) is 5.52. The van der Waals surface area contributed by atoms with Crippen molar-refractivity contribution in [3.8, 4) is 0 Å². The second-order valence-corrected chi connectivity index (χ2v) is 4.11. The van der Waals surface area contributed by atoms with Crippen molar-refractivity contribution in [1.29, 1.82) is 0 Å². The van der Waals surface area contributed by atoms with E-state index in [1.807, 2.05) is 0 Å². The Labute approximate surface area is 76.2 Å². The van der Waals surface area contributed by atoms with Crippen LogP contribution in [0.2, 0.25) is 0 Å². The molecule has 0 aliphatic heterocycles. The molecule has 0 spiro atoms. The molecule has 0 heterocycles. The van der Waals surface area contributed by atoms with Crippen LogP contribution in [-0.4, -0.2) is 11.2 Å². The monoisotopic (exact) mass is 170 g/mol. The predicted octanol–water partition coefficient (Wildman–Crippen LogP) is 3.12. The van der Waals surface area contributed by atoms with Gasteiger partial charge in [0.1, 0.15) is 0 Å². The number of hydrogen-bond acceptors (Lipinski definition) is 1. The molecule has 0 saturated heterocycles. The summed E-state index contributed by atoms with van der Waals surface area (Å²) in [6.45, 7) is 2.23. The maximum atomic E-state index is 9.67. The predicted molar refractivity (Wildman–Crippen MR) is 52.1 cm³/mol. The molecule has 0 aromatic heterocycles. The summed E-state index contributed by atoms with van der Waals surface area (Å²) in [4.78, 5) is 0. The van der Waals surface area contributed by atoms with Gasteiger partial charge in [-0.3, -0.25) is 0 Å². The largest absolute Gasteiger partial charge is 0.393 e. The lowest BCUT2D eigenvalue weighted by Gasteiger charge is -2.27. The molecule has 0 amide bonds. The standard InChI is InChI=1S/C11H22O/c1-2-3-4-7-10-8-5-6-9-11(10)12/h10-12H,2-9H2,1H3. The van der Waals surface area contributed by atoms with Crippen molar-refractivity contribution in [3.05, 3.63) is 0 Å². The van der Waals surface area contributed by atoms with Crippen LogP contribution in [0.4, 0.5) is 0 Å². The van der Waals surface area contributed by atoms with E-state index in [4.69, 9.17) is 0 Å². The van der Waals surface area contributed by atoms with Crippen molar-refractivity contribution in [1.82, 2.24) is 0 Å². The Morgan fingerprint density at radius 1 is 1.17 bits per heavy atom. The summed E-state index contributed by atoms with van der Waals surface area (Å²) in [5.41, 5.74) is 0. The third-order valence-corrected chi connectivity index (χ3v) is 3.05. The van der Waals surface area contributed by atoms with Gasteiger partial charge in [0.25, 0.3) is 0 Å². The second-order valence-electron chi connectivity index (χ2n) is 4.11. The summed E-state index contributed by atoms with van der Waals surface area (Å²) in [6.07, 6.45) is 10.1. The molecule has 1 saturated carbocycles. The van der Waals surface area contributed by atoms with Crippen LogP contribution in [0.25, 0.3) is 0 Å². The number of hydrogen-bond donors (Lipinski definition) is 1. The van der Waals surface area contributed by atoms with Gasteiger partial charge in [-0.05, 0) is 25.2 Å². The molecule has 1 fully saturated rings. The summed E-state index contributed by atoms with van der Waals surface area (Å²) in [7, 11) is 0. The molecule has 0 radical (unpaired) electrons. The Balaban J connectivity index is 2.11. The Hall–Kier alpha value is -0.0400. The van der Waals surface area contributed by atoms with Gasteiger partial charge >= 0.3 is 0 Å². The highest BCUT2D eigenvalue weighted by Gasteiger charge is 2.21. The Bertz CT molecular complexity index is 112. The van der Waals surface area contributed by atoms with E-state index in [1.165, 1.54) is 44.9 Å². The first-order valence-electron chi connectivity index (χ1n) is 5.52. The average Bonchev–Trinajstić information content (AvgIpc) is 2.09. The molecular weight excluding hydrogens is 148 g/mol. The molecule has 72 valence electrons. The lowest BCUT2D eigenvalue weighted by Crippen LogP contribution is -2.24. The van der Waals surface area contributed by atoms with Crippen LogP contribution < -0.4 is 0 Å². The fourth-order valence-electron chi connectivity index (χ4n) is 2.18. The Kier molecular flexibility index (Phi) is 4.67. The lowest BCUT2D eigenvalue weighted by molar-refractivity contribution is 0.0639. The summed E-state index contributed by atoms with van der Waals surface area (Å²) in [5.74, 6) is 0.630. The third kappa shape index (κ3) is 3.14. The molecule has 12 heavy (non-hydrogen) atoms. The summed E-state index contributed by atoms with van der Waals surface area (Å²) >= 11 is 0. The van der Waals surface area contributed by atoms with E-state index in [9.17, 15) is 5.11 Å². The zero-order chi connectivity index (χ0) is 8.81.